The predicted octanol–water partition coefficient (Wildman–Crippen LogP) is 1.94. The van der Waals surface area contributed by atoms with E-state index in [0.717, 1.165) is 12.8 Å². The van der Waals surface area contributed by atoms with Crippen molar-refractivity contribution in [2.75, 3.05) is 6.61 Å². The van der Waals surface area contributed by atoms with E-state index < -0.39 is 17.9 Å². The van der Waals surface area contributed by atoms with Crippen LogP contribution in [0.2, 0.25) is 0 Å². The highest BCUT2D eigenvalue weighted by Gasteiger charge is 2.30. The number of hydrogen-bond acceptors (Lipinski definition) is 5. The lowest BCUT2D eigenvalue weighted by Gasteiger charge is -2.21. The molecule has 7 nitrogen and oxygen atoms in total. The minimum absolute atomic E-state index is 0.116. The quantitative estimate of drug-likeness (QED) is 0.798. The van der Waals surface area contributed by atoms with Crippen molar-refractivity contribution in [2.24, 2.45) is 0 Å². The molecule has 0 saturated heterocycles. The number of amides is 1. The summed E-state index contributed by atoms with van der Waals surface area (Å²) in [6.07, 6.45) is 2.27. The number of hydrogen-bond donors (Lipinski definition) is 2. The van der Waals surface area contributed by atoms with Crippen molar-refractivity contribution in [2.45, 2.75) is 57.6 Å². The third-order valence-electron chi connectivity index (χ3n) is 3.29. The number of carbonyl (C=O) groups excluding carboxylic acids is 1. The van der Waals surface area contributed by atoms with Gasteiger partial charge >= 0.3 is 5.97 Å². The lowest BCUT2D eigenvalue weighted by Crippen LogP contribution is -2.42. The molecule has 1 aromatic heterocycles. The number of nitrogens with zero attached hydrogens (tertiary/aromatic N) is 1. The molecule has 1 fully saturated rings. The lowest BCUT2D eigenvalue weighted by atomic mass is 10.1. The molecule has 1 aliphatic rings. The molecule has 2 rings (SSSR count). The molecule has 1 saturated carbocycles. The summed E-state index contributed by atoms with van der Waals surface area (Å²) in [4.78, 5) is 23.3. The molecule has 1 aliphatic carbocycles. The van der Waals surface area contributed by atoms with Gasteiger partial charge in [0.15, 0.2) is 5.69 Å². The van der Waals surface area contributed by atoms with Gasteiger partial charge in [-0.05, 0) is 33.6 Å². The van der Waals surface area contributed by atoms with Crippen LogP contribution >= 0.6 is 0 Å². The fourth-order valence-corrected chi connectivity index (χ4v) is 1.93. The van der Waals surface area contributed by atoms with Crippen LogP contribution in [0, 0.1) is 0 Å². The second-order valence-electron chi connectivity index (χ2n) is 6.50. The first-order valence-corrected chi connectivity index (χ1v) is 7.40. The van der Waals surface area contributed by atoms with Gasteiger partial charge in [0.1, 0.15) is 11.8 Å². The monoisotopic (exact) mass is 310 g/mol. The molecule has 0 aliphatic heterocycles. The molecule has 1 atom stereocenters. The normalized spacial score (nSPS) is 16.3. The average Bonchev–Trinajstić information content (AvgIpc) is 3.13. The van der Waals surface area contributed by atoms with Crippen molar-refractivity contribution in [3.8, 4) is 0 Å². The molecule has 122 valence electrons. The molecule has 22 heavy (non-hydrogen) atoms. The van der Waals surface area contributed by atoms with Crippen LogP contribution in [0.25, 0.3) is 0 Å². The van der Waals surface area contributed by atoms with Gasteiger partial charge in [0.2, 0.25) is 0 Å². The Bertz CT molecular complexity index is 542. The van der Waals surface area contributed by atoms with E-state index in [2.05, 4.69) is 10.5 Å². The largest absolute Gasteiger partial charge is 0.480 e. The summed E-state index contributed by atoms with van der Waals surface area (Å²) in [5, 5.41) is 15.3. The Hall–Kier alpha value is -1.89. The van der Waals surface area contributed by atoms with E-state index in [0.29, 0.717) is 11.7 Å². The van der Waals surface area contributed by atoms with Crippen LogP contribution in [0.4, 0.5) is 0 Å². The molecular weight excluding hydrogens is 288 g/mol. The number of carboxylic acids is 1. The smallest absolute Gasteiger partial charge is 0.326 e. The number of nitrogens with one attached hydrogen (secondary N) is 1. The Morgan fingerprint density at radius 2 is 2.18 bits per heavy atom. The van der Waals surface area contributed by atoms with E-state index in [1.807, 2.05) is 20.8 Å². The van der Waals surface area contributed by atoms with Gasteiger partial charge in [-0.15, -0.1) is 0 Å². The zero-order valence-corrected chi connectivity index (χ0v) is 13.1. The maximum absolute atomic E-state index is 12.0. The van der Waals surface area contributed by atoms with Gasteiger partial charge in [-0.3, -0.25) is 4.79 Å². The topological polar surface area (TPSA) is 102 Å². The summed E-state index contributed by atoms with van der Waals surface area (Å²) >= 11 is 0. The van der Waals surface area contributed by atoms with Gasteiger partial charge in [0.25, 0.3) is 5.91 Å². The fraction of sp³-hybridized carbons (Fsp3) is 0.667. The maximum Gasteiger partial charge on any atom is 0.326 e. The third-order valence-corrected chi connectivity index (χ3v) is 3.29. The maximum atomic E-state index is 12.0. The van der Waals surface area contributed by atoms with Gasteiger partial charge in [-0.2, -0.15) is 0 Å². The summed E-state index contributed by atoms with van der Waals surface area (Å²) in [6, 6.07) is 0.563. The minimum Gasteiger partial charge on any atom is -0.480 e. The lowest BCUT2D eigenvalue weighted by molar-refractivity contribution is -0.140. The molecular formula is C15H22N2O5. The second kappa shape index (κ2) is 6.48. The van der Waals surface area contributed by atoms with Crippen molar-refractivity contribution in [1.82, 2.24) is 10.5 Å². The van der Waals surface area contributed by atoms with Crippen LogP contribution in [0.5, 0.6) is 0 Å². The highest BCUT2D eigenvalue weighted by Crippen LogP contribution is 2.40. The molecule has 7 heteroatoms. The van der Waals surface area contributed by atoms with Gasteiger partial charge in [0.05, 0.1) is 5.60 Å². The number of aliphatic carboxylic acids is 1. The zero-order chi connectivity index (χ0) is 16.3. The minimum atomic E-state index is -1.10. The van der Waals surface area contributed by atoms with Crippen LogP contribution in [0.1, 0.15) is 62.2 Å². The third kappa shape index (κ3) is 4.84. The van der Waals surface area contributed by atoms with Crippen molar-refractivity contribution in [3.63, 3.8) is 0 Å². The van der Waals surface area contributed by atoms with E-state index in [1.54, 1.807) is 6.07 Å². The molecule has 2 N–H and O–H groups in total. The summed E-state index contributed by atoms with van der Waals surface area (Å²) in [5.74, 6) is -0.604. The van der Waals surface area contributed by atoms with Gasteiger partial charge < -0.3 is 19.7 Å². The summed E-state index contributed by atoms with van der Waals surface area (Å²) in [7, 11) is 0. The standard InChI is InChI=1S/C15H22N2O5/c1-15(2,3)21-7-6-10(14(19)20)16-13(18)11-8-12(22-17-11)9-4-5-9/h8-10H,4-7H2,1-3H3,(H,16,18)(H,19,20). The molecule has 1 aromatic rings. The Morgan fingerprint density at radius 1 is 1.50 bits per heavy atom. The predicted molar refractivity (Wildman–Crippen MR) is 77.7 cm³/mol. The van der Waals surface area contributed by atoms with Crippen molar-refractivity contribution in [3.05, 3.63) is 17.5 Å². The number of rotatable bonds is 7. The average molecular weight is 310 g/mol. The zero-order valence-electron chi connectivity index (χ0n) is 13.1. The van der Waals surface area contributed by atoms with E-state index >= 15 is 0 Å². The van der Waals surface area contributed by atoms with E-state index in [9.17, 15) is 14.7 Å². The Balaban J connectivity index is 1.88. The molecule has 0 aromatic carbocycles. The highest BCUT2D eigenvalue weighted by atomic mass is 16.5. The molecule has 0 radical (unpaired) electrons. The van der Waals surface area contributed by atoms with Crippen LogP contribution in [0.15, 0.2) is 10.6 Å². The summed E-state index contributed by atoms with van der Waals surface area (Å²) < 4.78 is 10.6. The second-order valence-corrected chi connectivity index (χ2v) is 6.50. The van der Waals surface area contributed by atoms with Crippen LogP contribution in [-0.4, -0.2) is 40.4 Å². The van der Waals surface area contributed by atoms with Crippen molar-refractivity contribution >= 4 is 11.9 Å². The molecule has 1 heterocycles. The molecule has 1 amide bonds. The van der Waals surface area contributed by atoms with Gasteiger partial charge in [0, 0.05) is 25.0 Å². The Morgan fingerprint density at radius 3 is 2.73 bits per heavy atom. The Labute approximate surface area is 129 Å². The first-order chi connectivity index (χ1) is 10.3. The van der Waals surface area contributed by atoms with Gasteiger partial charge in [-0.25, -0.2) is 4.79 Å². The number of ether oxygens (including phenoxy) is 1. The highest BCUT2D eigenvalue weighted by molar-refractivity contribution is 5.94. The number of carboxylic acid groups (broad SMARTS) is 1. The number of carbonyl (C=O) groups is 2. The summed E-state index contributed by atoms with van der Waals surface area (Å²) in [5.41, 5.74) is -0.233. The van der Waals surface area contributed by atoms with Crippen molar-refractivity contribution < 1.29 is 24.0 Å². The number of aromatic nitrogens is 1. The summed E-state index contributed by atoms with van der Waals surface area (Å²) in [6.45, 7) is 5.90. The Kier molecular flexibility index (Phi) is 4.85. The molecule has 0 spiro atoms. The van der Waals surface area contributed by atoms with Gasteiger partial charge in [-0.1, -0.05) is 5.16 Å². The first-order valence-electron chi connectivity index (χ1n) is 7.40. The van der Waals surface area contributed by atoms with E-state index in [1.165, 1.54) is 0 Å². The van der Waals surface area contributed by atoms with Crippen LogP contribution in [-0.2, 0) is 9.53 Å². The molecule has 1 unspecified atom stereocenters. The van der Waals surface area contributed by atoms with E-state index in [-0.39, 0.29) is 24.3 Å². The fourth-order valence-electron chi connectivity index (χ4n) is 1.93. The first kappa shape index (κ1) is 16.5. The molecule has 0 bridgehead atoms. The SMILES string of the molecule is CC(C)(C)OCCC(NC(=O)c1cc(C2CC2)on1)C(=O)O. The van der Waals surface area contributed by atoms with Crippen LogP contribution in [0.3, 0.4) is 0 Å². The van der Waals surface area contributed by atoms with E-state index in [4.69, 9.17) is 9.26 Å². The van der Waals surface area contributed by atoms with Crippen LogP contribution < -0.4 is 5.32 Å². The van der Waals surface area contributed by atoms with Crippen molar-refractivity contribution in [1.29, 1.82) is 0 Å².